The predicted octanol–water partition coefficient (Wildman–Crippen LogP) is 4.34. The fourth-order valence-corrected chi connectivity index (χ4v) is 2.56. The Bertz CT molecular complexity index is 407. The summed E-state index contributed by atoms with van der Waals surface area (Å²) in [4.78, 5) is 2.31. The molecule has 18 heavy (non-hydrogen) atoms. The zero-order valence-corrected chi connectivity index (χ0v) is 13.9. The molecule has 1 rings (SSSR count). The molecule has 0 heterocycles. The van der Waals surface area contributed by atoms with Crippen LogP contribution in [-0.2, 0) is 0 Å². The van der Waals surface area contributed by atoms with E-state index in [1.54, 1.807) is 0 Å². The molecular formula is C15H25BrN2. The lowest BCUT2D eigenvalue weighted by atomic mass is 9.87. The first-order valence-corrected chi connectivity index (χ1v) is 7.21. The maximum Gasteiger partial charge on any atom is 0.0510 e. The molecule has 1 aromatic carbocycles. The van der Waals surface area contributed by atoms with Crippen LogP contribution < -0.4 is 10.6 Å². The molecule has 2 N–H and O–H groups in total. The second kappa shape index (κ2) is 5.62. The fraction of sp³-hybridized carbons (Fsp3) is 0.600. The Kier molecular flexibility index (Phi) is 4.84. The Morgan fingerprint density at radius 1 is 1.22 bits per heavy atom. The van der Waals surface area contributed by atoms with E-state index in [9.17, 15) is 0 Å². The predicted molar refractivity (Wildman–Crippen MR) is 84.1 cm³/mol. The average Bonchev–Trinajstić information content (AvgIpc) is 2.25. The summed E-state index contributed by atoms with van der Waals surface area (Å²) in [6, 6.07) is 6.89. The molecule has 1 aromatic rings. The summed E-state index contributed by atoms with van der Waals surface area (Å²) in [6.45, 7) is 11.0. The summed E-state index contributed by atoms with van der Waals surface area (Å²) in [5.41, 5.74) is 8.51. The van der Waals surface area contributed by atoms with Crippen LogP contribution in [0.1, 0.15) is 46.2 Å². The number of hydrogen-bond donors (Lipinski definition) is 1. The molecule has 0 saturated carbocycles. The zero-order valence-electron chi connectivity index (χ0n) is 12.3. The molecule has 102 valence electrons. The van der Waals surface area contributed by atoms with Gasteiger partial charge >= 0.3 is 0 Å². The van der Waals surface area contributed by atoms with Crippen molar-refractivity contribution in [1.82, 2.24) is 0 Å². The molecule has 0 aliphatic rings. The molecule has 0 aromatic heterocycles. The molecular weight excluding hydrogens is 288 g/mol. The van der Waals surface area contributed by atoms with Gasteiger partial charge in [-0.2, -0.15) is 0 Å². The van der Waals surface area contributed by atoms with Crippen molar-refractivity contribution in [2.75, 3.05) is 11.9 Å². The maximum absolute atomic E-state index is 5.90. The minimum Gasteiger partial charge on any atom is -0.370 e. The van der Waals surface area contributed by atoms with E-state index in [0.29, 0.717) is 6.04 Å². The van der Waals surface area contributed by atoms with Gasteiger partial charge in [-0.15, -0.1) is 0 Å². The molecule has 0 spiro atoms. The van der Waals surface area contributed by atoms with Crippen LogP contribution in [0, 0.1) is 5.41 Å². The van der Waals surface area contributed by atoms with E-state index in [4.69, 9.17) is 5.73 Å². The maximum atomic E-state index is 5.90. The lowest BCUT2D eigenvalue weighted by Gasteiger charge is -2.37. The van der Waals surface area contributed by atoms with Crippen molar-refractivity contribution in [3.63, 3.8) is 0 Å². The first-order chi connectivity index (χ1) is 8.14. The molecule has 2 nitrogen and oxygen atoms in total. The van der Waals surface area contributed by atoms with Crippen molar-refractivity contribution < 1.29 is 0 Å². The van der Waals surface area contributed by atoms with E-state index in [0.717, 1.165) is 10.0 Å². The van der Waals surface area contributed by atoms with Crippen molar-refractivity contribution in [1.29, 1.82) is 0 Å². The Morgan fingerprint density at radius 3 is 2.17 bits per heavy atom. The van der Waals surface area contributed by atoms with Gasteiger partial charge < -0.3 is 10.6 Å². The monoisotopic (exact) mass is 312 g/mol. The third kappa shape index (κ3) is 3.48. The van der Waals surface area contributed by atoms with Crippen LogP contribution in [0.25, 0.3) is 0 Å². The van der Waals surface area contributed by atoms with Gasteiger partial charge in [-0.3, -0.25) is 0 Å². The second-order valence-corrected chi connectivity index (χ2v) is 7.01. The van der Waals surface area contributed by atoms with Gasteiger partial charge in [0.25, 0.3) is 0 Å². The van der Waals surface area contributed by atoms with Crippen LogP contribution in [0.3, 0.4) is 0 Å². The lowest BCUT2D eigenvalue weighted by molar-refractivity contribution is 0.329. The minimum atomic E-state index is 0.0701. The normalized spacial score (nSPS) is 15.3. The molecule has 0 aliphatic heterocycles. The van der Waals surface area contributed by atoms with Crippen LogP contribution >= 0.6 is 15.9 Å². The summed E-state index contributed by atoms with van der Waals surface area (Å²) in [5.74, 6) is 0. The first-order valence-electron chi connectivity index (χ1n) is 6.42. The van der Waals surface area contributed by atoms with Gasteiger partial charge in [0.05, 0.1) is 5.69 Å². The fourth-order valence-electron chi connectivity index (χ4n) is 1.88. The van der Waals surface area contributed by atoms with Crippen molar-refractivity contribution in [2.45, 2.75) is 46.7 Å². The Labute approximate surface area is 120 Å². The largest absolute Gasteiger partial charge is 0.370 e. The lowest BCUT2D eigenvalue weighted by Crippen LogP contribution is -2.39. The molecule has 0 fully saturated rings. The Hall–Kier alpha value is -0.540. The first kappa shape index (κ1) is 15.5. The minimum absolute atomic E-state index is 0.0701. The molecule has 0 bridgehead atoms. The number of nitrogens with zero attached hydrogens (tertiary/aromatic N) is 1. The van der Waals surface area contributed by atoms with Gasteiger partial charge in [-0.1, -0.05) is 26.8 Å². The highest BCUT2D eigenvalue weighted by molar-refractivity contribution is 9.10. The molecule has 3 heteroatoms. The number of halogens is 1. The Balaban J connectivity index is 3.04. The number of rotatable bonds is 3. The van der Waals surface area contributed by atoms with Gasteiger partial charge in [0.1, 0.15) is 0 Å². The SMILES string of the molecule is CC(N)c1ccc(N(C)C(C)C(C)(C)C)c(Br)c1. The van der Waals surface area contributed by atoms with Crippen LogP contribution in [0.2, 0.25) is 0 Å². The average molecular weight is 313 g/mol. The molecule has 0 aliphatic carbocycles. The van der Waals surface area contributed by atoms with Crippen LogP contribution in [0.15, 0.2) is 22.7 Å². The molecule has 2 atom stereocenters. The summed E-state index contributed by atoms with van der Waals surface area (Å²) < 4.78 is 1.11. The van der Waals surface area contributed by atoms with E-state index in [1.807, 2.05) is 6.92 Å². The molecule has 2 unspecified atom stereocenters. The van der Waals surface area contributed by atoms with Gasteiger partial charge in [0.2, 0.25) is 0 Å². The standard InChI is InChI=1S/C15H25BrN2/c1-10(17)12-7-8-14(13(16)9-12)18(6)11(2)15(3,4)5/h7-11H,17H2,1-6H3. The third-order valence-corrected chi connectivity index (χ3v) is 4.35. The number of benzene rings is 1. The summed E-state index contributed by atoms with van der Waals surface area (Å²) in [7, 11) is 2.14. The van der Waals surface area contributed by atoms with Crippen molar-refractivity contribution in [3.05, 3.63) is 28.2 Å². The number of nitrogens with two attached hydrogens (primary N) is 1. The van der Waals surface area contributed by atoms with Gasteiger partial charge in [0, 0.05) is 23.6 Å². The van der Waals surface area contributed by atoms with Gasteiger partial charge in [-0.25, -0.2) is 0 Å². The number of anilines is 1. The topological polar surface area (TPSA) is 29.3 Å². The van der Waals surface area contributed by atoms with E-state index >= 15 is 0 Å². The second-order valence-electron chi connectivity index (χ2n) is 6.15. The summed E-state index contributed by atoms with van der Waals surface area (Å²) >= 11 is 3.65. The smallest absolute Gasteiger partial charge is 0.0510 e. The van der Waals surface area contributed by atoms with Crippen molar-refractivity contribution >= 4 is 21.6 Å². The van der Waals surface area contributed by atoms with E-state index in [1.165, 1.54) is 5.69 Å². The van der Waals surface area contributed by atoms with Crippen LogP contribution in [0.4, 0.5) is 5.69 Å². The molecule has 0 amide bonds. The molecule has 0 saturated heterocycles. The quantitative estimate of drug-likeness (QED) is 0.899. The Morgan fingerprint density at radius 2 is 1.78 bits per heavy atom. The number of hydrogen-bond acceptors (Lipinski definition) is 2. The van der Waals surface area contributed by atoms with Gasteiger partial charge in [-0.05, 0) is 52.9 Å². The van der Waals surface area contributed by atoms with E-state index in [2.05, 4.69) is 73.8 Å². The summed E-state index contributed by atoms with van der Waals surface area (Å²) in [5, 5.41) is 0. The van der Waals surface area contributed by atoms with E-state index < -0.39 is 0 Å². The van der Waals surface area contributed by atoms with Crippen LogP contribution in [-0.4, -0.2) is 13.1 Å². The van der Waals surface area contributed by atoms with Crippen LogP contribution in [0.5, 0.6) is 0 Å². The van der Waals surface area contributed by atoms with E-state index in [-0.39, 0.29) is 11.5 Å². The highest BCUT2D eigenvalue weighted by Gasteiger charge is 2.25. The highest BCUT2D eigenvalue weighted by atomic mass is 79.9. The van der Waals surface area contributed by atoms with Crippen molar-refractivity contribution in [2.24, 2.45) is 11.1 Å². The highest BCUT2D eigenvalue weighted by Crippen LogP contribution is 2.33. The zero-order chi connectivity index (χ0) is 14.1. The molecule has 0 radical (unpaired) electrons. The summed E-state index contributed by atoms with van der Waals surface area (Å²) in [6.07, 6.45) is 0. The van der Waals surface area contributed by atoms with Gasteiger partial charge in [0.15, 0.2) is 0 Å². The third-order valence-electron chi connectivity index (χ3n) is 3.71. The van der Waals surface area contributed by atoms with Crippen molar-refractivity contribution in [3.8, 4) is 0 Å².